The number of methoxy groups -OCH3 is 1. The topological polar surface area (TPSA) is 69.2 Å². The van der Waals surface area contributed by atoms with Crippen molar-refractivity contribution in [1.82, 2.24) is 5.43 Å². The van der Waals surface area contributed by atoms with E-state index in [-0.39, 0.29) is 12.5 Å². The fraction of sp³-hybridized carbons (Fsp3) is 0.364. The summed E-state index contributed by atoms with van der Waals surface area (Å²) < 4.78 is 16.5. The smallest absolute Gasteiger partial charge is 0.277 e. The van der Waals surface area contributed by atoms with Crippen molar-refractivity contribution in [3.63, 3.8) is 0 Å². The van der Waals surface area contributed by atoms with Gasteiger partial charge in [0, 0.05) is 5.56 Å². The summed E-state index contributed by atoms with van der Waals surface area (Å²) in [4.78, 5) is 12.1. The van der Waals surface area contributed by atoms with Crippen molar-refractivity contribution < 1.29 is 19.0 Å². The van der Waals surface area contributed by atoms with Crippen LogP contribution in [0.5, 0.6) is 17.2 Å². The fourth-order valence-corrected chi connectivity index (χ4v) is 2.63. The van der Waals surface area contributed by atoms with Gasteiger partial charge < -0.3 is 14.2 Å². The predicted octanol–water partition coefficient (Wildman–Crippen LogP) is 4.05. The van der Waals surface area contributed by atoms with Gasteiger partial charge in [0.15, 0.2) is 6.61 Å². The third-order valence-corrected chi connectivity index (χ3v) is 4.06. The average Bonchev–Trinajstić information content (AvgIpc) is 2.67. The van der Waals surface area contributed by atoms with Crippen LogP contribution in [0.3, 0.4) is 0 Å². The first-order chi connectivity index (χ1) is 13.4. The van der Waals surface area contributed by atoms with Crippen molar-refractivity contribution in [2.24, 2.45) is 5.10 Å². The monoisotopic (exact) mass is 384 g/mol. The summed E-state index contributed by atoms with van der Waals surface area (Å²) in [6.07, 6.45) is 1.53. The van der Waals surface area contributed by atoms with Crippen molar-refractivity contribution >= 4 is 12.1 Å². The Labute approximate surface area is 166 Å². The van der Waals surface area contributed by atoms with Crippen LogP contribution in [0.1, 0.15) is 43.4 Å². The Morgan fingerprint density at radius 3 is 2.61 bits per heavy atom. The van der Waals surface area contributed by atoms with Crippen molar-refractivity contribution in [2.75, 3.05) is 20.3 Å². The van der Waals surface area contributed by atoms with Gasteiger partial charge in [0.1, 0.15) is 17.2 Å². The van der Waals surface area contributed by atoms with E-state index in [1.807, 2.05) is 38.1 Å². The molecule has 150 valence electrons. The number of hydrogen-bond donors (Lipinski definition) is 1. The molecular formula is C22H28N2O4. The molecule has 6 heteroatoms. The molecule has 6 nitrogen and oxygen atoms in total. The summed E-state index contributed by atoms with van der Waals surface area (Å²) >= 11 is 0. The molecule has 1 N–H and O–H groups in total. The number of nitrogens with zero attached hydrogens (tertiary/aromatic N) is 1. The Bertz CT molecular complexity index is 831. The molecule has 0 saturated heterocycles. The summed E-state index contributed by atoms with van der Waals surface area (Å²) in [6.45, 7) is 8.49. The first-order valence-electron chi connectivity index (χ1n) is 9.30. The van der Waals surface area contributed by atoms with Crippen LogP contribution < -0.4 is 19.6 Å². The summed E-state index contributed by atoms with van der Waals surface area (Å²) in [5.41, 5.74) is 5.34. The van der Waals surface area contributed by atoms with Gasteiger partial charge in [0.05, 0.1) is 19.9 Å². The second-order valence-electron chi connectivity index (χ2n) is 6.61. The molecule has 0 saturated carbocycles. The first-order valence-corrected chi connectivity index (χ1v) is 9.30. The van der Waals surface area contributed by atoms with E-state index < -0.39 is 0 Å². The highest BCUT2D eigenvalue weighted by Crippen LogP contribution is 2.27. The summed E-state index contributed by atoms with van der Waals surface area (Å²) in [7, 11) is 1.59. The molecule has 1 amide bonds. The van der Waals surface area contributed by atoms with E-state index in [4.69, 9.17) is 14.2 Å². The van der Waals surface area contributed by atoms with Crippen LogP contribution in [0.25, 0.3) is 0 Å². The van der Waals surface area contributed by atoms with Crippen LogP contribution in [-0.4, -0.2) is 32.4 Å². The van der Waals surface area contributed by atoms with E-state index in [0.717, 1.165) is 16.9 Å². The Hall–Kier alpha value is -3.02. The molecule has 0 heterocycles. The number of nitrogens with one attached hydrogen (secondary N) is 1. The van der Waals surface area contributed by atoms with Gasteiger partial charge in [-0.2, -0.15) is 5.10 Å². The molecule has 0 unspecified atom stereocenters. The van der Waals surface area contributed by atoms with E-state index >= 15 is 0 Å². The molecule has 0 aliphatic carbocycles. The van der Waals surface area contributed by atoms with E-state index in [1.54, 1.807) is 19.2 Å². The summed E-state index contributed by atoms with van der Waals surface area (Å²) in [6, 6.07) is 11.4. The van der Waals surface area contributed by atoms with E-state index in [1.165, 1.54) is 6.21 Å². The minimum Gasteiger partial charge on any atom is -0.497 e. The maximum atomic E-state index is 12.1. The lowest BCUT2D eigenvalue weighted by molar-refractivity contribution is -0.123. The molecule has 28 heavy (non-hydrogen) atoms. The summed E-state index contributed by atoms with van der Waals surface area (Å²) in [5.74, 6) is 2.04. The maximum absolute atomic E-state index is 12.1. The number of amides is 1. The molecule has 0 aliphatic rings. The summed E-state index contributed by atoms with van der Waals surface area (Å²) in [5, 5.41) is 4.01. The number of carbonyl (C=O) groups excluding carboxylic acids is 1. The lowest BCUT2D eigenvalue weighted by Crippen LogP contribution is -2.25. The second kappa shape index (κ2) is 10.3. The number of rotatable bonds is 9. The Balaban J connectivity index is 1.99. The zero-order chi connectivity index (χ0) is 20.5. The zero-order valence-corrected chi connectivity index (χ0v) is 17.1. The van der Waals surface area contributed by atoms with Crippen molar-refractivity contribution in [1.29, 1.82) is 0 Å². The fourth-order valence-electron chi connectivity index (χ4n) is 2.63. The Morgan fingerprint density at radius 1 is 1.14 bits per heavy atom. The van der Waals surface area contributed by atoms with Crippen LogP contribution in [-0.2, 0) is 4.79 Å². The number of carbonyl (C=O) groups is 1. The largest absolute Gasteiger partial charge is 0.497 e. The van der Waals surface area contributed by atoms with Gasteiger partial charge >= 0.3 is 0 Å². The van der Waals surface area contributed by atoms with Crippen LogP contribution in [0.4, 0.5) is 0 Å². The van der Waals surface area contributed by atoms with Gasteiger partial charge in [0.2, 0.25) is 0 Å². The van der Waals surface area contributed by atoms with Crippen molar-refractivity contribution in [2.45, 2.75) is 33.6 Å². The average molecular weight is 384 g/mol. The van der Waals surface area contributed by atoms with Gasteiger partial charge in [-0.05, 0) is 55.2 Å². The van der Waals surface area contributed by atoms with Crippen molar-refractivity contribution in [3.05, 3.63) is 53.1 Å². The minimum atomic E-state index is -0.340. The Kier molecular flexibility index (Phi) is 7.87. The standard InChI is InChI=1S/C22H28N2O4/c1-6-27-20-10-8-18(26-5)12-17(20)13-23-24-22(25)14-28-21-11-16(4)7-9-19(21)15(2)3/h7-13,15H,6,14H2,1-5H3,(H,24,25)/b23-13+. The van der Waals surface area contributed by atoms with Crippen LogP contribution in [0.2, 0.25) is 0 Å². The number of hydrogen-bond acceptors (Lipinski definition) is 5. The van der Waals surface area contributed by atoms with Gasteiger partial charge in [-0.15, -0.1) is 0 Å². The molecule has 0 atom stereocenters. The van der Waals surface area contributed by atoms with E-state index in [9.17, 15) is 4.79 Å². The molecule has 0 radical (unpaired) electrons. The second-order valence-corrected chi connectivity index (χ2v) is 6.61. The van der Waals surface area contributed by atoms with Gasteiger partial charge in [-0.25, -0.2) is 5.43 Å². The Morgan fingerprint density at radius 2 is 1.93 bits per heavy atom. The molecule has 0 spiro atoms. The number of aryl methyl sites for hydroxylation is 1. The number of benzene rings is 2. The first kappa shape index (κ1) is 21.3. The highest BCUT2D eigenvalue weighted by Gasteiger charge is 2.10. The normalized spacial score (nSPS) is 10.9. The number of ether oxygens (including phenoxy) is 3. The molecule has 0 aliphatic heterocycles. The van der Waals surface area contributed by atoms with E-state index in [2.05, 4.69) is 24.4 Å². The third-order valence-electron chi connectivity index (χ3n) is 4.06. The third kappa shape index (κ3) is 6.01. The molecule has 0 aromatic heterocycles. The van der Waals surface area contributed by atoms with Gasteiger partial charge in [-0.1, -0.05) is 26.0 Å². The lowest BCUT2D eigenvalue weighted by atomic mass is 10.0. The maximum Gasteiger partial charge on any atom is 0.277 e. The molecule has 0 fully saturated rings. The molecule has 0 bridgehead atoms. The van der Waals surface area contributed by atoms with Crippen LogP contribution >= 0.6 is 0 Å². The van der Waals surface area contributed by atoms with Gasteiger partial charge in [-0.3, -0.25) is 4.79 Å². The molecule has 2 rings (SSSR count). The molecule has 2 aromatic rings. The van der Waals surface area contributed by atoms with Crippen molar-refractivity contribution in [3.8, 4) is 17.2 Å². The molecular weight excluding hydrogens is 356 g/mol. The molecule has 2 aromatic carbocycles. The minimum absolute atomic E-state index is 0.114. The number of hydrazone groups is 1. The highest BCUT2D eigenvalue weighted by molar-refractivity contribution is 5.86. The quantitative estimate of drug-likeness (QED) is 0.523. The predicted molar refractivity (Wildman–Crippen MR) is 111 cm³/mol. The lowest BCUT2D eigenvalue weighted by Gasteiger charge is -2.14. The van der Waals surface area contributed by atoms with Crippen LogP contribution in [0, 0.1) is 6.92 Å². The zero-order valence-electron chi connectivity index (χ0n) is 17.1. The van der Waals surface area contributed by atoms with Crippen LogP contribution in [0.15, 0.2) is 41.5 Å². The van der Waals surface area contributed by atoms with E-state index in [0.29, 0.717) is 29.6 Å². The van der Waals surface area contributed by atoms with Gasteiger partial charge in [0.25, 0.3) is 5.91 Å². The SMILES string of the molecule is CCOc1ccc(OC)cc1/C=N/NC(=O)COc1cc(C)ccc1C(C)C. The highest BCUT2D eigenvalue weighted by atomic mass is 16.5.